The van der Waals surface area contributed by atoms with Crippen molar-refractivity contribution in [1.29, 1.82) is 5.26 Å². The molecule has 0 atom stereocenters. The lowest BCUT2D eigenvalue weighted by atomic mass is 9.76. The Labute approximate surface area is 123 Å². The number of fused-ring (bicyclic) bond motifs is 3. The van der Waals surface area contributed by atoms with E-state index in [1.807, 2.05) is 36.4 Å². The van der Waals surface area contributed by atoms with Crippen LogP contribution in [0.15, 0.2) is 48.5 Å². The van der Waals surface area contributed by atoms with Gasteiger partial charge >= 0.3 is 0 Å². The highest BCUT2D eigenvalue weighted by atomic mass is 16.7. The first-order chi connectivity index (χ1) is 10.3. The summed E-state index contributed by atoms with van der Waals surface area (Å²) in [7, 11) is 0. The first-order valence-corrected chi connectivity index (χ1v) is 7.19. The normalized spacial score (nSPS) is 19.0. The van der Waals surface area contributed by atoms with E-state index >= 15 is 0 Å². The standard InChI is InChI=1S/C18H15NO2/c19-12-18(11-17-20-9-10-21-17)15-7-3-1-5-13(15)14-6-2-4-8-16(14)18/h1-8,17H,9-11H2. The molecule has 0 amide bonds. The second-order valence-corrected chi connectivity index (χ2v) is 5.48. The van der Waals surface area contributed by atoms with E-state index in [0.717, 1.165) is 22.3 Å². The van der Waals surface area contributed by atoms with E-state index in [0.29, 0.717) is 19.6 Å². The fraction of sp³-hybridized carbons (Fsp3) is 0.278. The lowest BCUT2D eigenvalue weighted by Gasteiger charge is -2.26. The van der Waals surface area contributed by atoms with E-state index in [2.05, 4.69) is 18.2 Å². The van der Waals surface area contributed by atoms with Crippen LogP contribution >= 0.6 is 0 Å². The van der Waals surface area contributed by atoms with Crippen LogP contribution in [0.2, 0.25) is 0 Å². The molecule has 0 unspecified atom stereocenters. The van der Waals surface area contributed by atoms with E-state index in [1.54, 1.807) is 0 Å². The second-order valence-electron chi connectivity index (χ2n) is 5.48. The molecule has 0 spiro atoms. The predicted octanol–water partition coefficient (Wildman–Crippen LogP) is 3.24. The summed E-state index contributed by atoms with van der Waals surface area (Å²) >= 11 is 0. The smallest absolute Gasteiger partial charge is 0.159 e. The third-order valence-corrected chi connectivity index (χ3v) is 4.42. The summed E-state index contributed by atoms with van der Waals surface area (Å²) in [5.41, 5.74) is 3.74. The lowest BCUT2D eigenvalue weighted by molar-refractivity contribution is -0.0534. The fourth-order valence-electron chi connectivity index (χ4n) is 3.49. The van der Waals surface area contributed by atoms with Gasteiger partial charge in [-0.2, -0.15) is 5.26 Å². The molecule has 1 saturated heterocycles. The molecule has 0 N–H and O–H groups in total. The molecule has 1 aliphatic carbocycles. The Kier molecular flexibility index (Phi) is 2.81. The van der Waals surface area contributed by atoms with Crippen molar-refractivity contribution in [3.63, 3.8) is 0 Å². The van der Waals surface area contributed by atoms with E-state index in [4.69, 9.17) is 9.47 Å². The quantitative estimate of drug-likeness (QED) is 0.846. The zero-order chi connectivity index (χ0) is 14.3. The minimum atomic E-state index is -0.678. The maximum Gasteiger partial charge on any atom is 0.159 e. The summed E-state index contributed by atoms with van der Waals surface area (Å²) in [5.74, 6) is 0. The molecule has 21 heavy (non-hydrogen) atoms. The van der Waals surface area contributed by atoms with Crippen LogP contribution in [0.4, 0.5) is 0 Å². The van der Waals surface area contributed by atoms with Crippen molar-refractivity contribution in [2.45, 2.75) is 18.1 Å². The average molecular weight is 277 g/mol. The second kappa shape index (κ2) is 4.70. The summed E-state index contributed by atoms with van der Waals surface area (Å²) in [6.07, 6.45) is 0.237. The summed E-state index contributed by atoms with van der Waals surface area (Å²) < 4.78 is 11.2. The minimum Gasteiger partial charge on any atom is -0.350 e. The molecule has 1 heterocycles. The molecule has 1 fully saturated rings. The predicted molar refractivity (Wildman–Crippen MR) is 78.6 cm³/mol. The van der Waals surface area contributed by atoms with Gasteiger partial charge in [-0.25, -0.2) is 0 Å². The highest BCUT2D eigenvalue weighted by molar-refractivity contribution is 5.82. The monoisotopic (exact) mass is 277 g/mol. The van der Waals surface area contributed by atoms with Crippen molar-refractivity contribution < 1.29 is 9.47 Å². The third kappa shape index (κ3) is 1.73. The topological polar surface area (TPSA) is 42.2 Å². The van der Waals surface area contributed by atoms with Gasteiger partial charge in [0.1, 0.15) is 5.41 Å². The van der Waals surface area contributed by atoms with E-state index in [9.17, 15) is 5.26 Å². The first kappa shape index (κ1) is 12.6. The van der Waals surface area contributed by atoms with Gasteiger partial charge in [-0.15, -0.1) is 0 Å². The summed E-state index contributed by atoms with van der Waals surface area (Å²) in [4.78, 5) is 0. The Bertz CT molecular complexity index is 680. The summed E-state index contributed by atoms with van der Waals surface area (Å²) in [5, 5.41) is 10.0. The zero-order valence-electron chi connectivity index (χ0n) is 11.6. The molecule has 2 aromatic carbocycles. The molecule has 104 valence electrons. The van der Waals surface area contributed by atoms with Gasteiger partial charge < -0.3 is 9.47 Å². The van der Waals surface area contributed by atoms with Gasteiger partial charge in [-0.3, -0.25) is 0 Å². The number of hydrogen-bond acceptors (Lipinski definition) is 3. The molecule has 0 aromatic heterocycles. The molecular weight excluding hydrogens is 262 g/mol. The number of rotatable bonds is 2. The van der Waals surface area contributed by atoms with E-state index < -0.39 is 5.41 Å². The van der Waals surface area contributed by atoms with Gasteiger partial charge in [0.2, 0.25) is 0 Å². The maximum absolute atomic E-state index is 10.0. The highest BCUT2D eigenvalue weighted by Crippen LogP contribution is 2.51. The highest BCUT2D eigenvalue weighted by Gasteiger charge is 2.45. The van der Waals surface area contributed by atoms with Crippen LogP contribution in [0.25, 0.3) is 11.1 Å². The van der Waals surface area contributed by atoms with Crippen molar-refractivity contribution in [1.82, 2.24) is 0 Å². The van der Waals surface area contributed by atoms with Crippen LogP contribution in [-0.2, 0) is 14.9 Å². The van der Waals surface area contributed by atoms with Crippen LogP contribution in [0, 0.1) is 11.3 Å². The van der Waals surface area contributed by atoms with Crippen molar-refractivity contribution >= 4 is 0 Å². The van der Waals surface area contributed by atoms with Crippen molar-refractivity contribution in [2.24, 2.45) is 0 Å². The molecule has 2 aliphatic rings. The number of nitrogens with zero attached hydrogens (tertiary/aromatic N) is 1. The molecule has 0 radical (unpaired) electrons. The molecule has 0 bridgehead atoms. The van der Waals surface area contributed by atoms with Crippen LogP contribution in [-0.4, -0.2) is 19.5 Å². The van der Waals surface area contributed by atoms with Gasteiger partial charge in [0.15, 0.2) is 6.29 Å². The third-order valence-electron chi connectivity index (χ3n) is 4.42. The summed E-state index contributed by atoms with van der Waals surface area (Å²) in [6.45, 7) is 1.21. The van der Waals surface area contributed by atoms with E-state index in [-0.39, 0.29) is 6.29 Å². The van der Waals surface area contributed by atoms with Gasteiger partial charge in [0.25, 0.3) is 0 Å². The van der Waals surface area contributed by atoms with Crippen molar-refractivity contribution in [3.05, 3.63) is 59.7 Å². The zero-order valence-corrected chi connectivity index (χ0v) is 11.6. The molecule has 1 aliphatic heterocycles. The first-order valence-electron chi connectivity index (χ1n) is 7.19. The number of hydrogen-bond donors (Lipinski definition) is 0. The van der Waals surface area contributed by atoms with Gasteiger partial charge in [-0.1, -0.05) is 48.5 Å². The van der Waals surface area contributed by atoms with Gasteiger partial charge in [0, 0.05) is 6.42 Å². The average Bonchev–Trinajstić information content (AvgIpc) is 3.14. The molecular formula is C18H15NO2. The van der Waals surface area contributed by atoms with Gasteiger partial charge in [-0.05, 0) is 22.3 Å². The lowest BCUT2D eigenvalue weighted by Crippen LogP contribution is -2.29. The maximum atomic E-state index is 10.0. The SMILES string of the molecule is N#CC1(CC2OCCO2)c2ccccc2-c2ccccc21. The number of benzene rings is 2. The molecule has 0 saturated carbocycles. The Morgan fingerprint density at radius 3 is 2.00 bits per heavy atom. The van der Waals surface area contributed by atoms with Gasteiger partial charge in [0.05, 0.1) is 19.3 Å². The van der Waals surface area contributed by atoms with Crippen LogP contribution in [0.1, 0.15) is 17.5 Å². The van der Waals surface area contributed by atoms with E-state index in [1.165, 1.54) is 0 Å². The molecule has 3 heteroatoms. The Balaban J connectivity index is 1.91. The Morgan fingerprint density at radius 2 is 1.48 bits per heavy atom. The van der Waals surface area contributed by atoms with Crippen LogP contribution in [0.3, 0.4) is 0 Å². The summed E-state index contributed by atoms with van der Waals surface area (Å²) in [6, 6.07) is 18.9. The fourth-order valence-corrected chi connectivity index (χ4v) is 3.49. The van der Waals surface area contributed by atoms with Crippen LogP contribution in [0.5, 0.6) is 0 Å². The van der Waals surface area contributed by atoms with Crippen molar-refractivity contribution in [3.8, 4) is 17.2 Å². The minimum absolute atomic E-state index is 0.302. The van der Waals surface area contributed by atoms with Crippen molar-refractivity contribution in [2.75, 3.05) is 13.2 Å². The Hall–Kier alpha value is -2.15. The van der Waals surface area contributed by atoms with Crippen LogP contribution < -0.4 is 0 Å². The molecule has 3 nitrogen and oxygen atoms in total. The number of ether oxygens (including phenoxy) is 2. The largest absolute Gasteiger partial charge is 0.350 e. The molecule has 2 aromatic rings. The molecule has 4 rings (SSSR count). The number of nitriles is 1. The Morgan fingerprint density at radius 1 is 0.952 bits per heavy atom.